The maximum atomic E-state index is 11.8. The molecule has 1 aliphatic rings. The Labute approximate surface area is 102 Å². The molecule has 0 aromatic carbocycles. The molecule has 3 unspecified atom stereocenters. The van der Waals surface area contributed by atoms with Crippen LogP contribution in [0.25, 0.3) is 0 Å². The molecule has 4 N–H and O–H groups in total. The van der Waals surface area contributed by atoms with Crippen LogP contribution in [0.3, 0.4) is 0 Å². The molecule has 98 valence electrons. The number of amides is 1. The van der Waals surface area contributed by atoms with E-state index in [1.54, 1.807) is 0 Å². The maximum absolute atomic E-state index is 11.8. The molecule has 0 aromatic rings. The normalized spacial score (nSPS) is 26.6. The van der Waals surface area contributed by atoms with Gasteiger partial charge in [-0.3, -0.25) is 9.59 Å². The van der Waals surface area contributed by atoms with Crippen LogP contribution in [-0.2, 0) is 9.59 Å². The third kappa shape index (κ3) is 3.70. The molecular formula is C12H22N2O3. The number of carboxylic acid groups (broad SMARTS) is 1. The van der Waals surface area contributed by atoms with Gasteiger partial charge in [-0.2, -0.15) is 0 Å². The maximum Gasteiger partial charge on any atom is 0.306 e. The molecule has 1 aliphatic carbocycles. The number of rotatable bonds is 3. The average molecular weight is 242 g/mol. The van der Waals surface area contributed by atoms with Crippen molar-refractivity contribution in [3.05, 3.63) is 0 Å². The minimum absolute atomic E-state index is 0.0444. The van der Waals surface area contributed by atoms with Crippen molar-refractivity contribution in [3.8, 4) is 0 Å². The highest BCUT2D eigenvalue weighted by Gasteiger charge is 2.33. The van der Waals surface area contributed by atoms with E-state index >= 15 is 0 Å². The summed E-state index contributed by atoms with van der Waals surface area (Å²) in [7, 11) is 0. The molecular weight excluding hydrogens is 220 g/mol. The summed E-state index contributed by atoms with van der Waals surface area (Å²) < 4.78 is 0. The SMILES string of the molecule is CC(C)(C)C(N)C(=O)NC1CCC(C(=O)O)C1. The lowest BCUT2D eigenvalue weighted by Gasteiger charge is -2.27. The first-order chi connectivity index (χ1) is 7.71. The van der Waals surface area contributed by atoms with E-state index in [2.05, 4.69) is 5.32 Å². The smallest absolute Gasteiger partial charge is 0.306 e. The lowest BCUT2D eigenvalue weighted by molar-refractivity contribution is -0.141. The largest absolute Gasteiger partial charge is 0.481 e. The molecule has 0 saturated heterocycles. The van der Waals surface area contributed by atoms with Crippen molar-refractivity contribution in [2.24, 2.45) is 17.1 Å². The Kier molecular flexibility index (Phi) is 4.14. The quantitative estimate of drug-likeness (QED) is 0.680. The van der Waals surface area contributed by atoms with Crippen LogP contribution in [0.4, 0.5) is 0 Å². The molecule has 0 aliphatic heterocycles. The third-order valence-electron chi connectivity index (χ3n) is 3.34. The van der Waals surface area contributed by atoms with E-state index in [4.69, 9.17) is 10.8 Å². The number of nitrogens with two attached hydrogens (primary N) is 1. The van der Waals surface area contributed by atoms with Crippen LogP contribution in [0, 0.1) is 11.3 Å². The van der Waals surface area contributed by atoms with E-state index in [1.165, 1.54) is 0 Å². The van der Waals surface area contributed by atoms with Crippen molar-refractivity contribution < 1.29 is 14.7 Å². The number of nitrogens with one attached hydrogen (secondary N) is 1. The highest BCUT2D eigenvalue weighted by atomic mass is 16.4. The zero-order valence-corrected chi connectivity index (χ0v) is 10.7. The van der Waals surface area contributed by atoms with Crippen LogP contribution >= 0.6 is 0 Å². The minimum Gasteiger partial charge on any atom is -0.481 e. The summed E-state index contributed by atoms with van der Waals surface area (Å²) in [5.41, 5.74) is 5.56. The Morgan fingerprint density at radius 1 is 1.35 bits per heavy atom. The number of hydrogen-bond acceptors (Lipinski definition) is 3. The summed E-state index contributed by atoms with van der Waals surface area (Å²) in [6, 6.07) is -0.608. The number of hydrogen-bond donors (Lipinski definition) is 3. The van der Waals surface area contributed by atoms with Gasteiger partial charge in [0, 0.05) is 6.04 Å². The summed E-state index contributed by atoms with van der Waals surface area (Å²) >= 11 is 0. The molecule has 3 atom stereocenters. The van der Waals surface area contributed by atoms with Gasteiger partial charge >= 0.3 is 5.97 Å². The molecule has 1 amide bonds. The van der Waals surface area contributed by atoms with Gasteiger partial charge in [0.1, 0.15) is 0 Å². The molecule has 0 bridgehead atoms. The Morgan fingerprint density at radius 2 is 1.94 bits per heavy atom. The van der Waals surface area contributed by atoms with E-state index in [1.807, 2.05) is 20.8 Å². The van der Waals surface area contributed by atoms with Gasteiger partial charge in [-0.15, -0.1) is 0 Å². The summed E-state index contributed by atoms with van der Waals surface area (Å²) in [5.74, 6) is -1.29. The van der Waals surface area contributed by atoms with Crippen molar-refractivity contribution in [1.82, 2.24) is 5.32 Å². The second-order valence-electron chi connectivity index (χ2n) is 5.90. The van der Waals surface area contributed by atoms with Gasteiger partial charge in [0.2, 0.25) is 5.91 Å². The predicted molar refractivity (Wildman–Crippen MR) is 64.3 cm³/mol. The first-order valence-corrected chi connectivity index (χ1v) is 6.00. The van der Waals surface area contributed by atoms with E-state index in [0.29, 0.717) is 12.8 Å². The highest BCUT2D eigenvalue weighted by Crippen LogP contribution is 2.26. The van der Waals surface area contributed by atoms with Crippen molar-refractivity contribution in [3.63, 3.8) is 0 Å². The van der Waals surface area contributed by atoms with E-state index in [9.17, 15) is 9.59 Å². The molecule has 0 radical (unpaired) electrons. The average Bonchev–Trinajstić information content (AvgIpc) is 2.63. The highest BCUT2D eigenvalue weighted by molar-refractivity contribution is 5.82. The molecule has 0 spiro atoms. The van der Waals surface area contributed by atoms with Crippen LogP contribution in [0.1, 0.15) is 40.0 Å². The van der Waals surface area contributed by atoms with Gasteiger partial charge in [0.05, 0.1) is 12.0 Å². The van der Waals surface area contributed by atoms with Gasteiger partial charge in [0.25, 0.3) is 0 Å². The Morgan fingerprint density at radius 3 is 2.35 bits per heavy atom. The number of carbonyl (C=O) groups excluding carboxylic acids is 1. The van der Waals surface area contributed by atoms with Crippen LogP contribution in [0.2, 0.25) is 0 Å². The zero-order valence-electron chi connectivity index (χ0n) is 10.7. The fraction of sp³-hybridized carbons (Fsp3) is 0.833. The van der Waals surface area contributed by atoms with Gasteiger partial charge in [0.15, 0.2) is 0 Å². The second-order valence-corrected chi connectivity index (χ2v) is 5.90. The summed E-state index contributed by atoms with van der Waals surface area (Å²) in [4.78, 5) is 22.6. The predicted octanol–water partition coefficient (Wildman–Crippen LogP) is 0.729. The summed E-state index contributed by atoms with van der Waals surface area (Å²) in [6.45, 7) is 5.73. The molecule has 1 rings (SSSR count). The molecule has 1 fully saturated rings. The van der Waals surface area contributed by atoms with E-state index in [-0.39, 0.29) is 23.3 Å². The molecule has 0 aromatic heterocycles. The van der Waals surface area contributed by atoms with Crippen molar-refractivity contribution in [2.45, 2.75) is 52.1 Å². The third-order valence-corrected chi connectivity index (χ3v) is 3.34. The number of carbonyl (C=O) groups is 2. The van der Waals surface area contributed by atoms with E-state index < -0.39 is 12.0 Å². The first kappa shape index (κ1) is 14.0. The molecule has 1 saturated carbocycles. The fourth-order valence-electron chi connectivity index (χ4n) is 2.02. The fourth-order valence-corrected chi connectivity index (χ4v) is 2.02. The van der Waals surface area contributed by atoms with Crippen LogP contribution in [0.5, 0.6) is 0 Å². The Balaban J connectivity index is 2.46. The van der Waals surface area contributed by atoms with E-state index in [0.717, 1.165) is 6.42 Å². The van der Waals surface area contributed by atoms with Gasteiger partial charge in [-0.25, -0.2) is 0 Å². The van der Waals surface area contributed by atoms with Crippen molar-refractivity contribution in [1.29, 1.82) is 0 Å². The molecule has 5 nitrogen and oxygen atoms in total. The monoisotopic (exact) mass is 242 g/mol. The Bertz CT molecular complexity index is 309. The molecule has 0 heterocycles. The first-order valence-electron chi connectivity index (χ1n) is 6.00. The minimum atomic E-state index is -0.776. The lowest BCUT2D eigenvalue weighted by atomic mass is 9.87. The lowest BCUT2D eigenvalue weighted by Crippen LogP contribution is -2.51. The van der Waals surface area contributed by atoms with Gasteiger partial charge in [-0.1, -0.05) is 20.8 Å². The second kappa shape index (κ2) is 5.04. The van der Waals surface area contributed by atoms with Gasteiger partial charge in [-0.05, 0) is 24.7 Å². The molecule has 5 heteroatoms. The molecule has 17 heavy (non-hydrogen) atoms. The van der Waals surface area contributed by atoms with Crippen molar-refractivity contribution >= 4 is 11.9 Å². The summed E-state index contributed by atoms with van der Waals surface area (Å²) in [5, 5.41) is 11.7. The standard InChI is InChI=1S/C12H22N2O3/c1-12(2,3)9(13)10(15)14-8-5-4-7(6-8)11(16)17/h7-9H,4-6,13H2,1-3H3,(H,14,15)(H,16,17). The zero-order chi connectivity index (χ0) is 13.2. The number of carboxylic acids is 1. The van der Waals surface area contributed by atoms with Gasteiger partial charge < -0.3 is 16.2 Å². The topological polar surface area (TPSA) is 92.4 Å². The summed E-state index contributed by atoms with van der Waals surface area (Å²) in [6.07, 6.45) is 1.86. The van der Waals surface area contributed by atoms with Crippen molar-refractivity contribution in [2.75, 3.05) is 0 Å². The number of aliphatic carboxylic acids is 1. The van der Waals surface area contributed by atoms with Crippen LogP contribution in [0.15, 0.2) is 0 Å². The van der Waals surface area contributed by atoms with Crippen LogP contribution < -0.4 is 11.1 Å². The van der Waals surface area contributed by atoms with Crippen LogP contribution in [-0.4, -0.2) is 29.1 Å². The Hall–Kier alpha value is -1.10.